The van der Waals surface area contributed by atoms with Crippen molar-refractivity contribution in [3.8, 4) is 163 Å². The molecule has 9 aliphatic heterocycles. The second-order valence-electron chi connectivity index (χ2n) is 31.1. The zero-order valence-electron chi connectivity index (χ0n) is 62.9. The van der Waals surface area contributed by atoms with Crippen molar-refractivity contribution in [2.75, 3.05) is 0 Å². The van der Waals surface area contributed by atoms with E-state index in [2.05, 4.69) is 449 Å². The summed E-state index contributed by atoms with van der Waals surface area (Å²) in [4.78, 5) is 0. The molecule has 0 radical (unpaired) electrons. The summed E-state index contributed by atoms with van der Waals surface area (Å²) >= 11 is 0. The molecule has 6 aromatic heterocycles. The van der Waals surface area contributed by atoms with Crippen LogP contribution in [0.1, 0.15) is 33.4 Å². The first kappa shape index (κ1) is 63.9. The van der Waals surface area contributed by atoms with Crippen molar-refractivity contribution in [1.29, 1.82) is 0 Å². The van der Waals surface area contributed by atoms with Crippen LogP contribution in [0.3, 0.4) is 0 Å². The summed E-state index contributed by atoms with van der Waals surface area (Å²) in [5, 5.41) is 0. The molecule has 19 aromatic rings. The minimum Gasteiger partial charge on any atom is -0.455 e. The summed E-state index contributed by atoms with van der Waals surface area (Å²) in [5.74, 6) is 5.44. The first-order valence-corrected chi connectivity index (χ1v) is 39.9. The van der Waals surface area contributed by atoms with E-state index in [0.717, 1.165) is 62.7 Å². The van der Waals surface area contributed by atoms with Crippen molar-refractivity contribution >= 4 is 0 Å². The second kappa shape index (κ2) is 23.7. The van der Waals surface area contributed by atoms with Gasteiger partial charge in [0.05, 0.1) is 35.3 Å². The summed E-state index contributed by atoms with van der Waals surface area (Å²) in [6.07, 6.45) is 19.6. The fourth-order valence-electron chi connectivity index (χ4n) is 21.2. The molecule has 0 N–H and O–H groups in total. The van der Waals surface area contributed by atoms with Crippen LogP contribution in [0.5, 0.6) is 34.5 Å². The molecule has 28 rings (SSSR count). The van der Waals surface area contributed by atoms with E-state index < -0.39 is 17.0 Å². The van der Waals surface area contributed by atoms with Gasteiger partial charge < -0.3 is 14.2 Å². The molecule has 117 heavy (non-hydrogen) atoms. The number of pyridine rings is 3. The monoisotopic (exact) mass is 1500 g/mol. The van der Waals surface area contributed by atoms with Gasteiger partial charge >= 0.3 is 17.0 Å². The lowest BCUT2D eigenvalue weighted by Crippen LogP contribution is -2.73. The van der Waals surface area contributed by atoms with Crippen LogP contribution in [-0.2, 0) is 17.0 Å². The van der Waals surface area contributed by atoms with Crippen LogP contribution in [0, 0.1) is 0 Å². The maximum Gasteiger partial charge on any atom is 0.447 e. The third kappa shape index (κ3) is 8.28. The minimum absolute atomic E-state index is 0.540. The van der Waals surface area contributed by atoms with Gasteiger partial charge in [-0.2, -0.15) is 0 Å². The standard InChI is InChI=1S/C39H25N3O.2C33H21N3O/c1-3-11-26(12-4-1)27-18-20-28(21-19-27)30-25-34-38-36(35(30)29-13-5-2-6-14-29)31-15-7-8-22-40(31)39(38)37-32(16-9-17-33(37)43-34)41-23-10-24-42(39)41;1-2-9-22(10-3-1)23-11-6-12-24(21-23)25-16-17-29-32-30(25)26-13-4-5-18-34(26)33(32)31-27(14-7-15-28(31)37-29)35-19-8-20-36(33)35;1-2-10-22(11-3-1)23-12-4-5-13-24(23)25-17-18-29-32-30(25)26-14-6-7-19-34(26)33(32)31-27(15-8-16-28(31)37-29)35-20-9-21-36(33)35/h1-25H;2*1-21H/q3*+2. The van der Waals surface area contributed by atoms with E-state index in [9.17, 15) is 0 Å². The molecule has 13 aromatic carbocycles. The lowest BCUT2D eigenvalue weighted by atomic mass is 9.81. The van der Waals surface area contributed by atoms with Crippen molar-refractivity contribution in [3.63, 3.8) is 0 Å². The average Bonchev–Trinajstić information content (AvgIpc) is 1.49. The quantitative estimate of drug-likeness (QED) is 0.149. The largest absolute Gasteiger partial charge is 0.455 e. The Morgan fingerprint density at radius 2 is 0.556 bits per heavy atom. The molecule has 0 saturated carbocycles. The van der Waals surface area contributed by atoms with E-state index in [0.29, 0.717) is 0 Å². The fourth-order valence-corrected chi connectivity index (χ4v) is 21.2. The number of aromatic nitrogens is 9. The van der Waals surface area contributed by atoms with E-state index >= 15 is 0 Å². The predicted octanol–water partition coefficient (Wildman–Crippen LogP) is 19.9. The van der Waals surface area contributed by atoms with Gasteiger partial charge in [-0.15, -0.1) is 27.7 Å². The fraction of sp³-hybridized carbons (Fsp3) is 0.0286. The van der Waals surface area contributed by atoms with Crippen molar-refractivity contribution < 1.29 is 42.0 Å². The molecular formula is C105H67N9O3+6. The molecule has 0 saturated heterocycles. The Labute approximate surface area is 673 Å². The number of ether oxygens (including phenoxy) is 3. The number of rotatable bonds is 7. The van der Waals surface area contributed by atoms with Crippen LogP contribution < -0.4 is 42.0 Å². The highest BCUT2D eigenvalue weighted by atomic mass is 16.5. The van der Waals surface area contributed by atoms with Gasteiger partial charge in [0.15, 0.2) is 52.0 Å². The molecule has 3 atom stereocenters. The number of fused-ring (bicyclic) bond motifs is 12. The van der Waals surface area contributed by atoms with Gasteiger partial charge in [-0.3, -0.25) is 0 Å². The van der Waals surface area contributed by atoms with Gasteiger partial charge in [0.1, 0.15) is 51.6 Å². The van der Waals surface area contributed by atoms with Gasteiger partial charge in [-0.05, 0) is 177 Å². The Hall–Kier alpha value is -15.7. The van der Waals surface area contributed by atoms with Gasteiger partial charge in [-0.1, -0.05) is 206 Å². The Morgan fingerprint density at radius 3 is 1.07 bits per heavy atom. The molecule has 12 nitrogen and oxygen atoms in total. The molecule has 12 heteroatoms. The molecule has 3 unspecified atom stereocenters. The Balaban J connectivity index is 0.0000000961. The van der Waals surface area contributed by atoms with Crippen LogP contribution in [0.2, 0.25) is 0 Å². The van der Waals surface area contributed by atoms with Crippen LogP contribution in [-0.4, -0.2) is 14.0 Å². The van der Waals surface area contributed by atoms with E-state index in [4.69, 9.17) is 14.2 Å². The highest BCUT2D eigenvalue weighted by molar-refractivity contribution is 6.00. The lowest BCUT2D eigenvalue weighted by Gasteiger charge is -2.25. The molecule has 544 valence electrons. The van der Waals surface area contributed by atoms with Gasteiger partial charge in [0.25, 0.3) is 0 Å². The normalized spacial score (nSPS) is 16.7. The maximum atomic E-state index is 6.89. The third-order valence-corrected chi connectivity index (χ3v) is 25.5. The summed E-state index contributed by atoms with van der Waals surface area (Å²) in [7, 11) is 0. The van der Waals surface area contributed by atoms with E-state index in [-0.39, 0.29) is 0 Å². The predicted molar refractivity (Wildman–Crippen MR) is 447 cm³/mol. The zero-order valence-corrected chi connectivity index (χ0v) is 62.9. The van der Waals surface area contributed by atoms with Crippen molar-refractivity contribution in [2.45, 2.75) is 17.0 Å². The van der Waals surface area contributed by atoms with Crippen LogP contribution in [0.4, 0.5) is 0 Å². The number of nitrogens with zero attached hydrogens (tertiary/aromatic N) is 9. The first-order valence-electron chi connectivity index (χ1n) is 39.9. The van der Waals surface area contributed by atoms with E-state index in [1.54, 1.807) is 0 Å². The highest BCUT2D eigenvalue weighted by Gasteiger charge is 2.75. The average molecular weight is 1500 g/mol. The highest BCUT2D eigenvalue weighted by Crippen LogP contribution is 2.63. The molecule has 9 aliphatic rings. The summed E-state index contributed by atoms with van der Waals surface area (Å²) in [5.41, 5.74) is 33.0. The van der Waals surface area contributed by atoms with Gasteiger partial charge in [0, 0.05) is 60.2 Å². The molecular weight excluding hydrogens is 1440 g/mol. The number of hydrogen-bond donors (Lipinski definition) is 0. The smallest absolute Gasteiger partial charge is 0.447 e. The SMILES string of the molecule is c1ccc(-c2ccc(-c3cc4c5c(c3-c3ccccc3)-c3cccc[n+]3C53c5c(cccc5-n5ccc[n+]53)O4)cc2)cc1.c1ccc(-c2cccc(-c3ccc4c5c3-c3cccc[n+]3C53c5c(cccc5-n5ccc[n+]53)O4)c2)cc1.c1ccc(-c2ccccc2-c2ccc3c4c2-c2cccc[n+]2C42c4c(cccc4-n4ccc[n+]42)O3)cc1. The number of benzene rings is 13. The molecule has 0 aliphatic carbocycles. The molecule has 0 fully saturated rings. The Morgan fingerprint density at radius 1 is 0.197 bits per heavy atom. The summed E-state index contributed by atoms with van der Waals surface area (Å²) < 4.78 is 41.3. The second-order valence-corrected chi connectivity index (χ2v) is 31.1. The van der Waals surface area contributed by atoms with Crippen LogP contribution in [0.25, 0.3) is 129 Å². The maximum absolute atomic E-state index is 6.89. The molecule has 0 bridgehead atoms. The van der Waals surface area contributed by atoms with E-state index in [1.165, 1.54) is 134 Å². The lowest BCUT2D eigenvalue weighted by molar-refractivity contribution is -0.988. The summed E-state index contributed by atoms with van der Waals surface area (Å²) in [6, 6.07) is 125. The zero-order chi connectivity index (χ0) is 76.4. The van der Waals surface area contributed by atoms with Gasteiger partial charge in [-0.25, -0.2) is 0 Å². The molecule has 15 heterocycles. The first-order chi connectivity index (χ1) is 58.1. The number of hydrogen-bond acceptors (Lipinski definition) is 3. The molecule has 3 spiro atoms. The van der Waals surface area contributed by atoms with Crippen LogP contribution in [0.15, 0.2) is 408 Å². The topological polar surface area (TPSA) is 65.8 Å². The third-order valence-electron chi connectivity index (χ3n) is 25.5. The van der Waals surface area contributed by atoms with Crippen molar-refractivity contribution in [3.05, 3.63) is 441 Å². The van der Waals surface area contributed by atoms with Crippen molar-refractivity contribution in [1.82, 2.24) is 14.0 Å². The van der Waals surface area contributed by atoms with Gasteiger partial charge in [0.2, 0.25) is 35.7 Å². The minimum atomic E-state index is -0.589. The van der Waals surface area contributed by atoms with Crippen LogP contribution >= 0.6 is 0 Å². The Kier molecular flexibility index (Phi) is 13.0. The van der Waals surface area contributed by atoms with Crippen molar-refractivity contribution in [2.24, 2.45) is 0 Å². The summed E-state index contributed by atoms with van der Waals surface area (Å²) in [6.45, 7) is 0. The van der Waals surface area contributed by atoms with E-state index in [1.807, 2.05) is 0 Å². The molecule has 0 amide bonds. The Bertz CT molecular complexity index is 7500.